The summed E-state index contributed by atoms with van der Waals surface area (Å²) in [6.07, 6.45) is 5.77. The minimum absolute atomic E-state index is 0.00129. The zero-order valence-corrected chi connectivity index (χ0v) is 40.6. The third-order valence-corrected chi connectivity index (χ3v) is 14.2. The van der Waals surface area contributed by atoms with Crippen LogP contribution in [0.5, 0.6) is 17.2 Å². The fourth-order valence-corrected chi connectivity index (χ4v) is 8.75. The Morgan fingerprint density at radius 1 is 1.00 bits per heavy atom. The van der Waals surface area contributed by atoms with E-state index < -0.39 is 58.9 Å². The molecule has 6 rings (SSSR count). The Kier molecular flexibility index (Phi) is 14.5. The number of allylic oxidation sites excluding steroid dienone is 2. The van der Waals surface area contributed by atoms with Crippen molar-refractivity contribution in [2.24, 2.45) is 29.6 Å². The zero-order chi connectivity index (χ0) is 48.7. The SMILES string of the molecule is CO[C@H]1/C=C/O[C@@]2(C)Oc3c(C)c(=O)c4c(O)c(c5oc6cc(OCC[N+](C)(C)C(C)C)ccc6nc5c4c3C2=O)NC(=O)/C(C)=C\C=C\[C@H](C)[C@H](O)[C@@H](C)[C@@H](C)[C@@H](C)[C@H](OC(C)=O)[C@@H]1C. The predicted octanol–water partition coefficient (Wildman–Crippen LogP) is 8.14. The fraction of sp³-hybridized carbons (Fsp3) is 0.510. The van der Waals surface area contributed by atoms with Crippen LogP contribution in [0.1, 0.15) is 85.2 Å². The van der Waals surface area contributed by atoms with Gasteiger partial charge in [0.15, 0.2) is 22.3 Å². The van der Waals surface area contributed by atoms with Crippen molar-refractivity contribution < 1.29 is 57.2 Å². The van der Waals surface area contributed by atoms with Gasteiger partial charge in [0, 0.05) is 55.4 Å². The Labute approximate surface area is 386 Å². The van der Waals surface area contributed by atoms with E-state index in [4.69, 9.17) is 33.1 Å². The van der Waals surface area contributed by atoms with Crippen molar-refractivity contribution in [3.05, 3.63) is 75.7 Å². The van der Waals surface area contributed by atoms with Gasteiger partial charge in [0.1, 0.15) is 47.5 Å². The highest BCUT2D eigenvalue weighted by Gasteiger charge is 2.49. The third-order valence-electron chi connectivity index (χ3n) is 14.2. The monoisotopic (exact) mass is 912 g/mol. The van der Waals surface area contributed by atoms with Crippen LogP contribution in [0.25, 0.3) is 33.0 Å². The Morgan fingerprint density at radius 2 is 1.70 bits per heavy atom. The van der Waals surface area contributed by atoms with Crippen LogP contribution in [0.3, 0.4) is 0 Å². The van der Waals surface area contributed by atoms with Gasteiger partial charge in [-0.15, -0.1) is 0 Å². The van der Waals surface area contributed by atoms with Crippen molar-refractivity contribution in [2.45, 2.75) is 106 Å². The number of fused-ring (bicyclic) bond motifs is 2. The summed E-state index contributed by atoms with van der Waals surface area (Å²) in [7, 11) is 5.76. The summed E-state index contributed by atoms with van der Waals surface area (Å²) >= 11 is 0. The first-order valence-electron chi connectivity index (χ1n) is 22.6. The highest BCUT2D eigenvalue weighted by Crippen LogP contribution is 2.48. The highest BCUT2D eigenvalue weighted by molar-refractivity contribution is 6.26. The van der Waals surface area contributed by atoms with Gasteiger partial charge in [-0.1, -0.05) is 52.8 Å². The average Bonchev–Trinajstić information content (AvgIpc) is 3.53. The number of benzene rings is 3. The van der Waals surface area contributed by atoms with Crippen molar-refractivity contribution in [1.29, 1.82) is 0 Å². The van der Waals surface area contributed by atoms with Crippen LogP contribution in [-0.4, -0.2) is 102 Å². The molecule has 0 fully saturated rings. The number of aromatic nitrogens is 1. The molecule has 0 saturated carbocycles. The number of phenols is 1. The molecule has 4 bridgehead atoms. The van der Waals surface area contributed by atoms with Crippen LogP contribution in [0, 0.1) is 36.5 Å². The number of hydrogen-bond donors (Lipinski definition) is 3. The molecular weight excluding hydrogens is 847 g/mol. The lowest BCUT2D eigenvalue weighted by Gasteiger charge is -2.39. The zero-order valence-electron chi connectivity index (χ0n) is 40.6. The van der Waals surface area contributed by atoms with Gasteiger partial charge in [-0.2, -0.15) is 0 Å². The average molecular weight is 913 g/mol. The molecule has 4 aromatic rings. The van der Waals surface area contributed by atoms with Gasteiger partial charge in [0.2, 0.25) is 0 Å². The van der Waals surface area contributed by atoms with Crippen molar-refractivity contribution in [3.8, 4) is 17.2 Å². The van der Waals surface area contributed by atoms with Gasteiger partial charge in [0.25, 0.3) is 11.7 Å². The number of anilines is 1. The summed E-state index contributed by atoms with van der Waals surface area (Å²) in [5.41, 5.74) is -0.275. The molecule has 2 aliphatic rings. The van der Waals surface area contributed by atoms with E-state index >= 15 is 0 Å². The summed E-state index contributed by atoms with van der Waals surface area (Å²) in [6, 6.07) is 5.46. The number of likely N-dealkylation sites (N-methyl/N-ethyl adjacent to an activating group) is 1. The Morgan fingerprint density at radius 3 is 2.35 bits per heavy atom. The maximum atomic E-state index is 14.8. The molecule has 15 nitrogen and oxygen atoms in total. The first-order chi connectivity index (χ1) is 30.9. The van der Waals surface area contributed by atoms with E-state index in [0.717, 1.165) is 11.0 Å². The van der Waals surface area contributed by atoms with E-state index in [1.165, 1.54) is 34.1 Å². The molecule has 3 aromatic carbocycles. The number of aliphatic hydroxyl groups is 1. The molecule has 1 aromatic heterocycles. The molecule has 0 aliphatic carbocycles. The fourth-order valence-electron chi connectivity index (χ4n) is 8.75. The van der Waals surface area contributed by atoms with E-state index in [-0.39, 0.29) is 79.3 Å². The second-order valence-electron chi connectivity index (χ2n) is 19.2. The lowest BCUT2D eigenvalue weighted by Crippen LogP contribution is -2.48. The number of phenolic OH excluding ortho intramolecular Hbond substituents is 1. The number of carbonyl (C=O) groups is 3. The molecule has 0 saturated heterocycles. The summed E-state index contributed by atoms with van der Waals surface area (Å²) in [5.74, 6) is -5.43. The number of methoxy groups -OCH3 is 1. The molecule has 9 atom stereocenters. The topological polar surface area (TPSA) is 193 Å². The lowest BCUT2D eigenvalue weighted by molar-refractivity contribution is -0.911. The van der Waals surface area contributed by atoms with Crippen LogP contribution in [0.2, 0.25) is 0 Å². The van der Waals surface area contributed by atoms with Gasteiger partial charge in [-0.3, -0.25) is 19.2 Å². The molecule has 3 heterocycles. The van der Waals surface area contributed by atoms with Crippen molar-refractivity contribution in [2.75, 3.05) is 39.7 Å². The number of Topliss-reactive ketones (excluding diaryl/α,β-unsaturated/α-hetero) is 1. The number of nitrogens with one attached hydrogen (secondary N) is 1. The van der Waals surface area contributed by atoms with Crippen LogP contribution >= 0.6 is 0 Å². The number of ether oxygens (including phenoxy) is 5. The summed E-state index contributed by atoms with van der Waals surface area (Å²) in [6.45, 7) is 20.9. The molecule has 1 amide bonds. The van der Waals surface area contributed by atoms with Crippen LogP contribution < -0.4 is 20.2 Å². The van der Waals surface area contributed by atoms with Crippen molar-refractivity contribution in [3.63, 3.8) is 0 Å². The van der Waals surface area contributed by atoms with Crippen molar-refractivity contribution in [1.82, 2.24) is 4.98 Å². The number of hydrogen-bond acceptors (Lipinski definition) is 13. The standard InChI is InChI=1S/C51H65N3O12/c1-25(2)54(12,13)21-23-62-34-18-19-35-37(24-34)65-48-41(52-35)38-39-44(57)32(9)47-40(38)49(59)51(11,66-47)63-22-20-36(61-14)31(8)46(64-33(10)55)30(7)28(5)29(6)43(56)26(3)16-15-17-27(4)50(60)53-42(48)45(39)58/h15-20,22,24-26,28-31,36,43,46,56H,21,23H2,1-14H3,(H-,52,53,57,58,59,60)/p+1/b16-15+,22-20+,27-17-/t26-,28+,29-,30+,31+,36-,43-,46-,51-/m0/s1. The number of rotatable bonds is 7. The van der Waals surface area contributed by atoms with Gasteiger partial charge < -0.3 is 48.1 Å². The predicted molar refractivity (Wildman–Crippen MR) is 253 cm³/mol. The van der Waals surface area contributed by atoms with Gasteiger partial charge in [0.05, 0.1) is 49.6 Å². The number of aliphatic hydroxyl groups excluding tert-OH is 1. The first-order valence-corrected chi connectivity index (χ1v) is 22.6. The molecule has 66 heavy (non-hydrogen) atoms. The summed E-state index contributed by atoms with van der Waals surface area (Å²) in [4.78, 5) is 60.6. The number of nitrogens with zero attached hydrogens (tertiary/aromatic N) is 2. The molecule has 0 unspecified atom stereocenters. The number of amides is 1. The van der Waals surface area contributed by atoms with Crippen LogP contribution in [0.4, 0.5) is 5.69 Å². The highest BCUT2D eigenvalue weighted by atomic mass is 16.7. The summed E-state index contributed by atoms with van der Waals surface area (Å²) in [5, 5.41) is 26.2. The molecule has 2 aliphatic heterocycles. The number of ketones is 1. The number of esters is 1. The minimum Gasteiger partial charge on any atom is -0.505 e. The molecule has 356 valence electrons. The summed E-state index contributed by atoms with van der Waals surface area (Å²) < 4.78 is 37.6. The maximum Gasteiger partial charge on any atom is 0.312 e. The third kappa shape index (κ3) is 9.43. The molecule has 3 N–H and O–H groups in total. The Hall–Kier alpha value is -5.77. The van der Waals surface area contributed by atoms with E-state index in [0.29, 0.717) is 23.9 Å². The number of quaternary nitrogens is 1. The lowest BCUT2D eigenvalue weighted by atomic mass is 9.73. The second-order valence-corrected chi connectivity index (χ2v) is 19.2. The second kappa shape index (κ2) is 19.2. The first kappa shape index (κ1) is 49.7. The smallest absolute Gasteiger partial charge is 0.312 e. The van der Waals surface area contributed by atoms with Crippen LogP contribution in [-0.2, 0) is 23.8 Å². The van der Waals surface area contributed by atoms with E-state index in [2.05, 4.69) is 33.3 Å². The van der Waals surface area contributed by atoms with E-state index in [1.807, 2.05) is 34.6 Å². The number of aromatic hydroxyl groups is 1. The normalized spacial score (nSPS) is 28.5. The van der Waals surface area contributed by atoms with Crippen molar-refractivity contribution >= 4 is 56.3 Å². The molecule has 15 heteroatoms. The van der Waals surface area contributed by atoms with Gasteiger partial charge >= 0.3 is 11.8 Å². The molecular formula is C51H66N3O12+. The van der Waals surface area contributed by atoms with Crippen LogP contribution in [0.15, 0.2) is 63.6 Å². The maximum absolute atomic E-state index is 14.8. The van der Waals surface area contributed by atoms with E-state index in [9.17, 15) is 29.4 Å². The van der Waals surface area contributed by atoms with Gasteiger partial charge in [-0.25, -0.2) is 4.98 Å². The largest absolute Gasteiger partial charge is 0.505 e. The molecule has 0 spiro atoms. The number of carbonyl (C=O) groups excluding carboxylic acids is 3. The molecule has 0 radical (unpaired) electrons. The Bertz CT molecular complexity index is 2700. The quantitative estimate of drug-likeness (QED) is 0.0530. The van der Waals surface area contributed by atoms with Gasteiger partial charge in [-0.05, 0) is 63.7 Å². The minimum atomic E-state index is -2.01. The Balaban J connectivity index is 1.56. The van der Waals surface area contributed by atoms with E-state index in [1.54, 1.807) is 49.4 Å².